The van der Waals surface area contributed by atoms with E-state index in [4.69, 9.17) is 14.0 Å². The maximum Gasteiger partial charge on any atom is 0.435 e. The van der Waals surface area contributed by atoms with Crippen molar-refractivity contribution in [1.82, 2.24) is 0 Å². The normalized spacial score (nSPS) is 14.4. The Labute approximate surface area is 255 Å². The Morgan fingerprint density at radius 2 is 1.39 bits per heavy atom. The lowest BCUT2D eigenvalue weighted by Gasteiger charge is -2.19. The Balaban J connectivity index is 2.32. The molecule has 3 atom stereocenters. The standard InChI is InChI=1S/C33H59O6PS/c1-4-6-8-10-12-14-16-21-27-41-32(24-20-15-13-11-9-7-5-2)25-26-37-30(3)28-39-40(35,36)33(34)38-29-31-22-18-17-19-23-31/h17-19,22-23,30,32H,4-16,20-21,24-29H2,1-3H3,(H,35,36). The van der Waals surface area contributed by atoms with E-state index in [9.17, 15) is 14.3 Å². The zero-order valence-electron chi connectivity index (χ0n) is 26.2. The highest BCUT2D eigenvalue weighted by molar-refractivity contribution is 7.99. The zero-order chi connectivity index (χ0) is 30.0. The van der Waals surface area contributed by atoms with E-state index in [-0.39, 0.29) is 13.2 Å². The van der Waals surface area contributed by atoms with Crippen molar-refractivity contribution in [1.29, 1.82) is 0 Å². The van der Waals surface area contributed by atoms with Crippen LogP contribution >= 0.6 is 19.4 Å². The third kappa shape index (κ3) is 21.5. The van der Waals surface area contributed by atoms with Crippen molar-refractivity contribution in [2.24, 2.45) is 0 Å². The summed E-state index contributed by atoms with van der Waals surface area (Å²) in [5, 5.41) is 0.570. The van der Waals surface area contributed by atoms with Crippen LogP contribution in [0.1, 0.15) is 135 Å². The van der Waals surface area contributed by atoms with Gasteiger partial charge in [0.2, 0.25) is 0 Å². The third-order valence-electron chi connectivity index (χ3n) is 7.24. The molecule has 0 aliphatic carbocycles. The molecule has 0 bridgehead atoms. The maximum absolute atomic E-state index is 12.3. The van der Waals surface area contributed by atoms with Gasteiger partial charge in [0.05, 0.1) is 12.7 Å². The Bertz CT molecular complexity index is 793. The fraction of sp³-hybridized carbons (Fsp3) is 0.788. The van der Waals surface area contributed by atoms with E-state index in [1.165, 1.54) is 108 Å². The number of hydrogen-bond donors (Lipinski definition) is 1. The van der Waals surface area contributed by atoms with E-state index in [1.54, 1.807) is 19.1 Å². The molecule has 0 fully saturated rings. The van der Waals surface area contributed by atoms with Crippen molar-refractivity contribution in [3.8, 4) is 0 Å². The first-order chi connectivity index (χ1) is 19.9. The molecule has 0 saturated carbocycles. The molecule has 1 N–H and O–H groups in total. The molecule has 0 heterocycles. The van der Waals surface area contributed by atoms with Crippen LogP contribution in [0.3, 0.4) is 0 Å². The topological polar surface area (TPSA) is 82.1 Å². The van der Waals surface area contributed by atoms with E-state index in [0.717, 1.165) is 12.0 Å². The van der Waals surface area contributed by atoms with Gasteiger partial charge < -0.3 is 14.4 Å². The van der Waals surface area contributed by atoms with Crippen LogP contribution in [0, 0.1) is 0 Å². The minimum Gasteiger partial charge on any atom is -0.452 e. The molecule has 0 saturated heterocycles. The molecule has 0 spiro atoms. The molecular weight excluding hydrogens is 555 g/mol. The number of unbranched alkanes of at least 4 members (excludes halogenated alkanes) is 13. The molecule has 238 valence electrons. The predicted octanol–water partition coefficient (Wildman–Crippen LogP) is 10.7. The smallest absolute Gasteiger partial charge is 0.435 e. The molecule has 0 aliphatic rings. The van der Waals surface area contributed by atoms with Gasteiger partial charge in [-0.25, -0.2) is 9.36 Å². The molecule has 1 aromatic carbocycles. The summed E-state index contributed by atoms with van der Waals surface area (Å²) in [5.41, 5.74) is -0.496. The molecule has 1 aromatic rings. The summed E-state index contributed by atoms with van der Waals surface area (Å²) in [5.74, 6) is 1.20. The highest BCUT2D eigenvalue weighted by Crippen LogP contribution is 2.44. The Morgan fingerprint density at radius 3 is 2.00 bits per heavy atom. The van der Waals surface area contributed by atoms with Gasteiger partial charge in [0, 0.05) is 11.9 Å². The van der Waals surface area contributed by atoms with Crippen molar-refractivity contribution in [3.63, 3.8) is 0 Å². The van der Waals surface area contributed by atoms with E-state index < -0.39 is 19.4 Å². The van der Waals surface area contributed by atoms with Gasteiger partial charge in [0.15, 0.2) is 0 Å². The molecule has 1 rings (SSSR count). The van der Waals surface area contributed by atoms with Crippen LogP contribution in [0.4, 0.5) is 4.79 Å². The second-order valence-electron chi connectivity index (χ2n) is 11.2. The molecule has 0 amide bonds. The highest BCUT2D eigenvalue weighted by Gasteiger charge is 2.33. The zero-order valence-corrected chi connectivity index (χ0v) is 27.9. The second-order valence-corrected chi connectivity index (χ2v) is 14.3. The van der Waals surface area contributed by atoms with E-state index >= 15 is 0 Å². The average Bonchev–Trinajstić information content (AvgIpc) is 2.97. The first-order valence-electron chi connectivity index (χ1n) is 16.3. The summed E-state index contributed by atoms with van der Waals surface area (Å²) in [7, 11) is -4.53. The summed E-state index contributed by atoms with van der Waals surface area (Å²) in [6, 6.07) is 9.03. The van der Waals surface area contributed by atoms with Gasteiger partial charge in [0.1, 0.15) is 6.61 Å². The van der Waals surface area contributed by atoms with Gasteiger partial charge in [-0.1, -0.05) is 134 Å². The van der Waals surface area contributed by atoms with Gasteiger partial charge in [-0.05, 0) is 37.5 Å². The van der Waals surface area contributed by atoms with Crippen LogP contribution in [-0.2, 0) is 25.2 Å². The van der Waals surface area contributed by atoms with E-state index in [2.05, 4.69) is 25.6 Å². The Hall–Kier alpha value is -0.850. The first kappa shape index (κ1) is 38.2. The largest absolute Gasteiger partial charge is 0.452 e. The molecule has 0 aliphatic heterocycles. The number of carbonyl (C=O) groups excluding carboxylic acids is 1. The molecule has 0 radical (unpaired) electrons. The van der Waals surface area contributed by atoms with E-state index in [0.29, 0.717) is 11.9 Å². The van der Waals surface area contributed by atoms with Gasteiger partial charge in [-0.2, -0.15) is 11.8 Å². The van der Waals surface area contributed by atoms with Gasteiger partial charge in [-0.15, -0.1) is 0 Å². The van der Waals surface area contributed by atoms with Crippen molar-refractivity contribution in [3.05, 3.63) is 35.9 Å². The minimum absolute atomic E-state index is 0.0730. The summed E-state index contributed by atoms with van der Waals surface area (Å²) in [6.45, 7) is 6.68. The van der Waals surface area contributed by atoms with Crippen molar-refractivity contribution in [2.45, 2.75) is 148 Å². The quantitative estimate of drug-likeness (QED) is 0.0742. The summed E-state index contributed by atoms with van der Waals surface area (Å²) in [4.78, 5) is 22.1. The number of thioether (sulfide) groups is 1. The monoisotopic (exact) mass is 614 g/mol. The molecule has 6 nitrogen and oxygen atoms in total. The number of carbonyl (C=O) groups is 1. The van der Waals surface area contributed by atoms with Crippen LogP contribution in [0.25, 0.3) is 0 Å². The highest BCUT2D eigenvalue weighted by atomic mass is 32.2. The predicted molar refractivity (Wildman–Crippen MR) is 174 cm³/mol. The van der Waals surface area contributed by atoms with Crippen LogP contribution < -0.4 is 0 Å². The number of ether oxygens (including phenoxy) is 2. The molecule has 41 heavy (non-hydrogen) atoms. The summed E-state index contributed by atoms with van der Waals surface area (Å²) < 4.78 is 28.3. The third-order valence-corrected chi connectivity index (χ3v) is 9.80. The Morgan fingerprint density at radius 1 is 0.829 bits per heavy atom. The van der Waals surface area contributed by atoms with Gasteiger partial charge in [0.25, 0.3) is 0 Å². The number of hydrogen-bond acceptors (Lipinski definition) is 6. The fourth-order valence-corrected chi connectivity index (χ4v) is 6.68. The first-order valence-corrected chi connectivity index (χ1v) is 18.9. The average molecular weight is 615 g/mol. The maximum atomic E-state index is 12.3. The second kappa shape index (κ2) is 25.6. The minimum atomic E-state index is -4.53. The van der Waals surface area contributed by atoms with Crippen molar-refractivity contribution >= 4 is 25.1 Å². The SMILES string of the molecule is CCCCCCCCCCSC(CCCCCCCCC)CCOC(C)COP(=O)(O)C(=O)OCc1ccccc1. The van der Waals surface area contributed by atoms with E-state index in [1.807, 2.05) is 18.2 Å². The molecule has 0 aromatic heterocycles. The van der Waals surface area contributed by atoms with Crippen LogP contribution in [0.5, 0.6) is 0 Å². The number of rotatable bonds is 28. The molecule has 8 heteroatoms. The lowest BCUT2D eigenvalue weighted by molar-refractivity contribution is 0.0274. The van der Waals surface area contributed by atoms with Crippen LogP contribution in [0.15, 0.2) is 30.3 Å². The fourth-order valence-electron chi connectivity index (χ4n) is 4.63. The van der Waals surface area contributed by atoms with Gasteiger partial charge in [-0.3, -0.25) is 4.52 Å². The molecule has 3 unspecified atom stereocenters. The Kier molecular flexibility index (Phi) is 23.9. The lowest BCUT2D eigenvalue weighted by Crippen LogP contribution is -2.19. The van der Waals surface area contributed by atoms with Crippen LogP contribution in [0.2, 0.25) is 0 Å². The van der Waals surface area contributed by atoms with Crippen LogP contribution in [-0.4, -0.2) is 40.9 Å². The summed E-state index contributed by atoms with van der Waals surface area (Å²) in [6.07, 6.45) is 21.7. The van der Waals surface area contributed by atoms with Gasteiger partial charge >= 0.3 is 13.3 Å². The molecular formula is C33H59O6PS. The summed E-state index contributed by atoms with van der Waals surface area (Å²) >= 11 is 2.09. The van der Waals surface area contributed by atoms with Crippen molar-refractivity contribution < 1.29 is 28.3 Å². The lowest BCUT2D eigenvalue weighted by atomic mass is 10.1. The number of benzene rings is 1. The van der Waals surface area contributed by atoms with Crippen molar-refractivity contribution in [2.75, 3.05) is 19.0 Å².